The van der Waals surface area contributed by atoms with E-state index in [1.54, 1.807) is 24.3 Å². The van der Waals surface area contributed by atoms with Crippen molar-refractivity contribution in [2.75, 3.05) is 6.61 Å². The van der Waals surface area contributed by atoms with Gasteiger partial charge in [0.1, 0.15) is 12.0 Å². The number of carbonyl (C=O) groups excluding carboxylic acids is 2. The second kappa shape index (κ2) is 5.96. The van der Waals surface area contributed by atoms with Crippen LogP contribution in [0.3, 0.4) is 0 Å². The third-order valence-electron chi connectivity index (χ3n) is 1.92. The molecule has 15 heavy (non-hydrogen) atoms. The summed E-state index contributed by atoms with van der Waals surface area (Å²) in [5.41, 5.74) is 0.547. The van der Waals surface area contributed by atoms with Crippen LogP contribution in [0.25, 0.3) is 0 Å². The zero-order chi connectivity index (χ0) is 11.1. The molecule has 0 aromatic heterocycles. The lowest BCUT2D eigenvalue weighted by Crippen LogP contribution is -2.00. The van der Waals surface area contributed by atoms with Crippen LogP contribution < -0.4 is 4.74 Å². The SMILES string of the molecule is CCCOc1ccc(C(=O)CC=O)cc1. The van der Waals surface area contributed by atoms with Gasteiger partial charge in [0, 0.05) is 5.56 Å². The minimum Gasteiger partial charge on any atom is -0.494 e. The average molecular weight is 206 g/mol. The van der Waals surface area contributed by atoms with Crippen LogP contribution in [-0.2, 0) is 4.79 Å². The Morgan fingerprint density at radius 1 is 1.33 bits per heavy atom. The normalized spacial score (nSPS) is 9.67. The third-order valence-corrected chi connectivity index (χ3v) is 1.92. The van der Waals surface area contributed by atoms with Crippen LogP contribution in [0.15, 0.2) is 24.3 Å². The Bertz CT molecular complexity index is 327. The minimum absolute atomic E-state index is 0.0604. The third kappa shape index (κ3) is 3.54. The fourth-order valence-corrected chi connectivity index (χ4v) is 1.15. The van der Waals surface area contributed by atoms with E-state index < -0.39 is 0 Å². The predicted octanol–water partition coefficient (Wildman–Crippen LogP) is 2.25. The van der Waals surface area contributed by atoms with E-state index in [4.69, 9.17) is 4.74 Å². The minimum atomic E-state index is -0.160. The van der Waals surface area contributed by atoms with Crippen LogP contribution >= 0.6 is 0 Å². The van der Waals surface area contributed by atoms with Gasteiger partial charge >= 0.3 is 0 Å². The van der Waals surface area contributed by atoms with Gasteiger partial charge < -0.3 is 9.53 Å². The lowest BCUT2D eigenvalue weighted by atomic mass is 10.1. The second-order valence-corrected chi connectivity index (χ2v) is 3.17. The molecule has 0 aliphatic carbocycles. The van der Waals surface area contributed by atoms with E-state index in [2.05, 4.69) is 0 Å². The van der Waals surface area contributed by atoms with Crippen molar-refractivity contribution in [3.8, 4) is 5.75 Å². The molecule has 3 nitrogen and oxygen atoms in total. The van der Waals surface area contributed by atoms with Crippen LogP contribution in [0.4, 0.5) is 0 Å². The smallest absolute Gasteiger partial charge is 0.169 e. The van der Waals surface area contributed by atoms with Crippen molar-refractivity contribution in [2.24, 2.45) is 0 Å². The van der Waals surface area contributed by atoms with Gasteiger partial charge in [-0.15, -0.1) is 0 Å². The molecular weight excluding hydrogens is 192 g/mol. The number of ketones is 1. The Labute approximate surface area is 89.1 Å². The summed E-state index contributed by atoms with van der Waals surface area (Å²) in [6.45, 7) is 2.70. The first kappa shape index (κ1) is 11.4. The van der Waals surface area contributed by atoms with Gasteiger partial charge in [0.25, 0.3) is 0 Å². The molecule has 1 aromatic rings. The van der Waals surface area contributed by atoms with E-state index >= 15 is 0 Å². The number of hydrogen-bond donors (Lipinski definition) is 0. The highest BCUT2D eigenvalue weighted by Crippen LogP contribution is 2.13. The maximum atomic E-state index is 11.3. The molecule has 80 valence electrons. The molecule has 3 heteroatoms. The molecule has 0 radical (unpaired) electrons. The first-order valence-electron chi connectivity index (χ1n) is 4.97. The first-order valence-corrected chi connectivity index (χ1v) is 4.97. The number of aldehydes is 1. The van der Waals surface area contributed by atoms with Crippen LogP contribution in [0.1, 0.15) is 30.1 Å². The molecule has 0 unspecified atom stereocenters. The molecular formula is C12H14O3. The van der Waals surface area contributed by atoms with E-state index in [0.717, 1.165) is 12.2 Å². The molecule has 0 atom stereocenters. The number of benzene rings is 1. The van der Waals surface area contributed by atoms with Crippen molar-refractivity contribution in [3.63, 3.8) is 0 Å². The van der Waals surface area contributed by atoms with Crippen molar-refractivity contribution in [3.05, 3.63) is 29.8 Å². The standard InChI is InChI=1S/C12H14O3/c1-2-9-15-11-5-3-10(4-6-11)12(14)7-8-13/h3-6,8H,2,7,9H2,1H3. The second-order valence-electron chi connectivity index (χ2n) is 3.17. The average Bonchev–Trinajstić information content (AvgIpc) is 2.27. The van der Waals surface area contributed by atoms with Crippen LogP contribution in [0, 0.1) is 0 Å². The highest BCUT2D eigenvalue weighted by atomic mass is 16.5. The van der Waals surface area contributed by atoms with Crippen molar-refractivity contribution >= 4 is 12.1 Å². The van der Waals surface area contributed by atoms with Gasteiger partial charge in [0.15, 0.2) is 5.78 Å². The van der Waals surface area contributed by atoms with E-state index in [9.17, 15) is 9.59 Å². The van der Waals surface area contributed by atoms with Crippen molar-refractivity contribution in [1.82, 2.24) is 0 Å². The van der Waals surface area contributed by atoms with Crippen molar-refractivity contribution < 1.29 is 14.3 Å². The number of carbonyl (C=O) groups is 2. The Morgan fingerprint density at radius 2 is 2.00 bits per heavy atom. The Morgan fingerprint density at radius 3 is 2.53 bits per heavy atom. The maximum Gasteiger partial charge on any atom is 0.169 e. The number of hydrogen-bond acceptors (Lipinski definition) is 3. The molecule has 0 amide bonds. The molecule has 1 rings (SSSR count). The van der Waals surface area contributed by atoms with Gasteiger partial charge in [-0.2, -0.15) is 0 Å². The molecule has 1 aromatic carbocycles. The van der Waals surface area contributed by atoms with Crippen molar-refractivity contribution in [1.29, 1.82) is 0 Å². The molecule has 0 spiro atoms. The lowest BCUT2D eigenvalue weighted by Gasteiger charge is -2.04. The summed E-state index contributed by atoms with van der Waals surface area (Å²) in [6, 6.07) is 6.84. The Balaban J connectivity index is 2.63. The van der Waals surface area contributed by atoms with E-state index in [1.165, 1.54) is 0 Å². The number of ether oxygens (including phenoxy) is 1. The van der Waals surface area contributed by atoms with E-state index in [1.807, 2.05) is 6.92 Å². The molecule has 0 aliphatic rings. The summed E-state index contributed by atoms with van der Waals surface area (Å²) in [6.07, 6.45) is 1.50. The van der Waals surface area contributed by atoms with Gasteiger partial charge in [-0.1, -0.05) is 6.92 Å². The fraction of sp³-hybridized carbons (Fsp3) is 0.333. The largest absolute Gasteiger partial charge is 0.494 e. The van der Waals surface area contributed by atoms with Crippen LogP contribution in [0.2, 0.25) is 0 Å². The van der Waals surface area contributed by atoms with Gasteiger partial charge in [-0.25, -0.2) is 0 Å². The van der Waals surface area contributed by atoms with Gasteiger partial charge in [0.05, 0.1) is 13.0 Å². The predicted molar refractivity (Wildman–Crippen MR) is 57.2 cm³/mol. The highest BCUT2D eigenvalue weighted by molar-refractivity contribution is 6.02. The monoisotopic (exact) mass is 206 g/mol. The number of Topliss-reactive ketones (excluding diaryl/α,β-unsaturated/α-hetero) is 1. The molecule has 0 N–H and O–H groups in total. The number of rotatable bonds is 6. The Kier molecular flexibility index (Phi) is 4.54. The van der Waals surface area contributed by atoms with Gasteiger partial charge in [0.2, 0.25) is 0 Å². The maximum absolute atomic E-state index is 11.3. The van der Waals surface area contributed by atoms with Gasteiger partial charge in [-0.05, 0) is 30.7 Å². The van der Waals surface area contributed by atoms with Gasteiger partial charge in [-0.3, -0.25) is 4.79 Å². The van der Waals surface area contributed by atoms with E-state index in [0.29, 0.717) is 18.5 Å². The zero-order valence-electron chi connectivity index (χ0n) is 8.73. The summed E-state index contributed by atoms with van der Waals surface area (Å²) in [4.78, 5) is 21.4. The summed E-state index contributed by atoms with van der Waals surface area (Å²) >= 11 is 0. The fourth-order valence-electron chi connectivity index (χ4n) is 1.15. The van der Waals surface area contributed by atoms with Crippen LogP contribution in [-0.4, -0.2) is 18.7 Å². The molecule has 0 heterocycles. The zero-order valence-corrected chi connectivity index (χ0v) is 8.73. The topological polar surface area (TPSA) is 43.4 Å². The summed E-state index contributed by atoms with van der Waals surface area (Å²) in [5, 5.41) is 0. The summed E-state index contributed by atoms with van der Waals surface area (Å²) in [5.74, 6) is 0.589. The molecule has 0 saturated carbocycles. The molecule has 0 bridgehead atoms. The van der Waals surface area contributed by atoms with E-state index in [-0.39, 0.29) is 12.2 Å². The lowest BCUT2D eigenvalue weighted by molar-refractivity contribution is -0.107. The Hall–Kier alpha value is -1.64. The van der Waals surface area contributed by atoms with Crippen LogP contribution in [0.5, 0.6) is 5.75 Å². The first-order chi connectivity index (χ1) is 7.27. The molecule has 0 saturated heterocycles. The quantitative estimate of drug-likeness (QED) is 0.407. The highest BCUT2D eigenvalue weighted by Gasteiger charge is 2.04. The molecule has 0 fully saturated rings. The summed E-state index contributed by atoms with van der Waals surface area (Å²) in [7, 11) is 0. The van der Waals surface area contributed by atoms with Crippen molar-refractivity contribution in [2.45, 2.75) is 19.8 Å². The summed E-state index contributed by atoms with van der Waals surface area (Å²) < 4.78 is 5.37. The molecule has 0 aliphatic heterocycles.